The average molecular weight is 596 g/mol. The van der Waals surface area contributed by atoms with Gasteiger partial charge >= 0.3 is 0 Å². The number of benzene rings is 4. The van der Waals surface area contributed by atoms with Crippen molar-refractivity contribution in [2.75, 3.05) is 13.2 Å². The van der Waals surface area contributed by atoms with E-state index in [2.05, 4.69) is 10.2 Å². The molecule has 43 heavy (non-hydrogen) atoms. The molecule has 1 aliphatic rings. The first-order chi connectivity index (χ1) is 21.3. The van der Waals surface area contributed by atoms with Crippen molar-refractivity contribution in [1.29, 1.82) is 0 Å². The molecule has 1 heterocycles. The third kappa shape index (κ3) is 9.48. The van der Waals surface area contributed by atoms with Gasteiger partial charge in [0.05, 0.1) is 44.7 Å². The molecular formula is C36H37NO5S. The van der Waals surface area contributed by atoms with Crippen LogP contribution in [0.25, 0.3) is 0 Å². The minimum atomic E-state index is -0.484. The lowest BCUT2D eigenvalue weighted by Crippen LogP contribution is -2.61. The fraction of sp³-hybridized carbons (Fsp3) is 0.306. The van der Waals surface area contributed by atoms with Gasteiger partial charge in [-0.25, -0.2) is 4.99 Å². The fourth-order valence-electron chi connectivity index (χ4n) is 5.16. The van der Waals surface area contributed by atoms with Crippen molar-refractivity contribution >= 4 is 17.4 Å². The van der Waals surface area contributed by atoms with Crippen LogP contribution in [0, 0.1) is 0 Å². The summed E-state index contributed by atoms with van der Waals surface area (Å²) < 4.78 is 32.8. The Morgan fingerprint density at radius 2 is 0.930 bits per heavy atom. The minimum absolute atomic E-state index is 0.286. The van der Waals surface area contributed by atoms with Crippen LogP contribution in [0.1, 0.15) is 22.3 Å². The molecule has 7 heteroatoms. The van der Waals surface area contributed by atoms with Gasteiger partial charge in [-0.3, -0.25) is 0 Å². The quantitative estimate of drug-likeness (QED) is 0.111. The molecule has 0 aromatic heterocycles. The molecular weight excluding hydrogens is 558 g/mol. The SMILES string of the molecule is S=C=NC[C@H]1O[C@H](COCc2ccccc2)[C@H](OCc2ccccc2)[C@H](OCc2ccccc2)[C@H]1OCc1ccccc1. The van der Waals surface area contributed by atoms with Crippen LogP contribution >= 0.6 is 12.2 Å². The zero-order chi connectivity index (χ0) is 29.5. The first-order valence-electron chi connectivity index (χ1n) is 14.6. The van der Waals surface area contributed by atoms with Gasteiger partial charge in [0, 0.05) is 0 Å². The molecule has 0 aliphatic carbocycles. The second-order valence-corrected chi connectivity index (χ2v) is 10.6. The number of aliphatic imine (C=N–C) groups is 1. The number of hydrogen-bond acceptors (Lipinski definition) is 7. The lowest BCUT2D eigenvalue weighted by molar-refractivity contribution is -0.270. The molecule has 0 unspecified atom stereocenters. The van der Waals surface area contributed by atoms with Crippen LogP contribution < -0.4 is 0 Å². The van der Waals surface area contributed by atoms with E-state index in [9.17, 15) is 0 Å². The number of rotatable bonds is 15. The Labute approximate surface area is 259 Å². The van der Waals surface area contributed by atoms with E-state index in [1.54, 1.807) is 0 Å². The van der Waals surface area contributed by atoms with Crippen molar-refractivity contribution in [1.82, 2.24) is 0 Å². The molecule has 1 fully saturated rings. The van der Waals surface area contributed by atoms with Crippen LogP contribution in [0.3, 0.4) is 0 Å². The van der Waals surface area contributed by atoms with Crippen molar-refractivity contribution < 1.29 is 23.7 Å². The predicted molar refractivity (Wildman–Crippen MR) is 170 cm³/mol. The summed E-state index contributed by atoms with van der Waals surface area (Å²) in [6.07, 6.45) is -2.32. The maximum Gasteiger partial charge on any atom is 0.115 e. The van der Waals surface area contributed by atoms with Gasteiger partial charge < -0.3 is 23.7 Å². The molecule has 1 aliphatic heterocycles. The Bertz CT molecular complexity index is 1390. The highest BCUT2D eigenvalue weighted by atomic mass is 32.1. The molecule has 5 atom stereocenters. The van der Waals surface area contributed by atoms with Gasteiger partial charge in [0.2, 0.25) is 0 Å². The van der Waals surface area contributed by atoms with Crippen molar-refractivity contribution in [3.05, 3.63) is 144 Å². The van der Waals surface area contributed by atoms with Gasteiger partial charge in [-0.15, -0.1) is 0 Å². The van der Waals surface area contributed by atoms with E-state index in [4.69, 9.17) is 35.9 Å². The third-order valence-electron chi connectivity index (χ3n) is 7.32. The molecule has 0 N–H and O–H groups in total. The molecule has 5 rings (SSSR count). The highest BCUT2D eigenvalue weighted by molar-refractivity contribution is 7.78. The van der Waals surface area contributed by atoms with Crippen LogP contribution in [0.15, 0.2) is 126 Å². The van der Waals surface area contributed by atoms with E-state index >= 15 is 0 Å². The summed E-state index contributed by atoms with van der Waals surface area (Å²) in [5.74, 6) is 0. The fourth-order valence-corrected chi connectivity index (χ4v) is 5.23. The lowest BCUT2D eigenvalue weighted by atomic mass is 9.94. The van der Waals surface area contributed by atoms with Gasteiger partial charge in [-0.05, 0) is 34.5 Å². The Morgan fingerprint density at radius 1 is 0.535 bits per heavy atom. The molecule has 1 saturated heterocycles. The molecule has 0 bridgehead atoms. The Kier molecular flexibility index (Phi) is 12.2. The van der Waals surface area contributed by atoms with Crippen molar-refractivity contribution in [2.24, 2.45) is 4.99 Å². The second kappa shape index (κ2) is 16.9. The summed E-state index contributed by atoms with van der Waals surface area (Å²) in [7, 11) is 0. The monoisotopic (exact) mass is 595 g/mol. The van der Waals surface area contributed by atoms with Gasteiger partial charge in [-0.1, -0.05) is 121 Å². The summed E-state index contributed by atoms with van der Waals surface area (Å²) in [5, 5.41) is 2.49. The van der Waals surface area contributed by atoms with Crippen LogP contribution in [0.5, 0.6) is 0 Å². The first kappa shape index (κ1) is 30.9. The van der Waals surface area contributed by atoms with Gasteiger partial charge in [0.25, 0.3) is 0 Å². The highest BCUT2D eigenvalue weighted by Crippen LogP contribution is 2.31. The molecule has 222 valence electrons. The number of thiocarbonyl (C=S) groups is 1. The predicted octanol–water partition coefficient (Wildman–Crippen LogP) is 6.83. The average Bonchev–Trinajstić information content (AvgIpc) is 3.07. The van der Waals surface area contributed by atoms with Crippen LogP contribution in [0.4, 0.5) is 0 Å². The molecule has 0 saturated carbocycles. The van der Waals surface area contributed by atoms with Gasteiger partial charge in [-0.2, -0.15) is 0 Å². The molecule has 4 aromatic carbocycles. The Morgan fingerprint density at radius 3 is 1.37 bits per heavy atom. The molecule has 4 aromatic rings. The number of hydrogen-bond donors (Lipinski definition) is 0. The maximum absolute atomic E-state index is 6.70. The molecule has 0 spiro atoms. The zero-order valence-corrected chi connectivity index (χ0v) is 24.9. The number of nitrogens with zero attached hydrogens (tertiary/aromatic N) is 1. The summed E-state index contributed by atoms with van der Waals surface area (Å²) >= 11 is 4.92. The third-order valence-corrected chi connectivity index (χ3v) is 7.44. The van der Waals surface area contributed by atoms with E-state index in [1.807, 2.05) is 121 Å². The van der Waals surface area contributed by atoms with E-state index < -0.39 is 30.5 Å². The Hall–Kier alpha value is -3.52. The van der Waals surface area contributed by atoms with Crippen molar-refractivity contribution in [3.8, 4) is 0 Å². The smallest absolute Gasteiger partial charge is 0.115 e. The van der Waals surface area contributed by atoms with E-state index in [-0.39, 0.29) is 6.54 Å². The van der Waals surface area contributed by atoms with Crippen molar-refractivity contribution in [2.45, 2.75) is 56.9 Å². The highest BCUT2D eigenvalue weighted by Gasteiger charge is 2.48. The van der Waals surface area contributed by atoms with E-state index in [0.29, 0.717) is 33.0 Å². The topological polar surface area (TPSA) is 58.5 Å². The molecule has 6 nitrogen and oxygen atoms in total. The van der Waals surface area contributed by atoms with Crippen LogP contribution in [0.2, 0.25) is 0 Å². The zero-order valence-electron chi connectivity index (χ0n) is 24.1. The Balaban J connectivity index is 1.42. The lowest BCUT2D eigenvalue weighted by Gasteiger charge is -2.46. The van der Waals surface area contributed by atoms with Gasteiger partial charge in [0.1, 0.15) is 30.5 Å². The first-order valence-corrected chi connectivity index (χ1v) is 15.0. The number of isothiocyanates is 1. The normalized spacial score (nSPS) is 21.6. The summed E-state index contributed by atoms with van der Waals surface area (Å²) in [5.41, 5.74) is 4.25. The maximum atomic E-state index is 6.70. The second-order valence-electron chi connectivity index (χ2n) is 10.4. The van der Waals surface area contributed by atoms with E-state index in [1.165, 1.54) is 0 Å². The number of ether oxygens (including phenoxy) is 5. The van der Waals surface area contributed by atoms with Gasteiger partial charge in [0.15, 0.2) is 0 Å². The minimum Gasteiger partial charge on any atom is -0.374 e. The molecule has 0 radical (unpaired) electrons. The summed E-state index contributed by atoms with van der Waals surface area (Å²) in [6, 6.07) is 40.4. The largest absolute Gasteiger partial charge is 0.374 e. The molecule has 0 amide bonds. The van der Waals surface area contributed by atoms with Crippen LogP contribution in [-0.4, -0.2) is 48.8 Å². The van der Waals surface area contributed by atoms with E-state index in [0.717, 1.165) is 22.3 Å². The summed E-state index contributed by atoms with van der Waals surface area (Å²) in [6.45, 7) is 2.22. The summed E-state index contributed by atoms with van der Waals surface area (Å²) in [4.78, 5) is 4.26. The standard InChI is InChI=1S/C36H37NO5S/c43-27-37-21-32-34(39-23-29-15-7-2-8-16-29)36(41-25-31-19-11-4-12-20-31)35(40-24-30-17-9-3-10-18-30)33(42-32)26-38-22-28-13-5-1-6-14-28/h1-20,32-36H,21-26H2/t32-,33-,34+,35+,36-/m1/s1. The van der Waals surface area contributed by atoms with Crippen LogP contribution in [-0.2, 0) is 50.1 Å². The van der Waals surface area contributed by atoms with Crippen molar-refractivity contribution in [3.63, 3.8) is 0 Å².